The third kappa shape index (κ3) is 4.12. The second-order valence-corrected chi connectivity index (χ2v) is 9.67. The summed E-state index contributed by atoms with van der Waals surface area (Å²) in [5, 5.41) is 5.22. The normalized spacial score (nSPS) is 18.9. The Morgan fingerprint density at radius 1 is 0.969 bits per heavy atom. The number of rotatable bonds is 4. The molecule has 1 atom stereocenters. The van der Waals surface area contributed by atoms with Crippen molar-refractivity contribution in [1.29, 1.82) is 0 Å². The second-order valence-electron chi connectivity index (χ2n) is 8.39. The van der Waals surface area contributed by atoms with Crippen LogP contribution < -0.4 is 5.32 Å². The zero-order chi connectivity index (χ0) is 22.2. The SMILES string of the molecule is Cc1c(C2NC=C(C3CCCCC3)O2)nc(-c2ccc(Cl)cc2Cl)n1-c1ccc(Cl)cc1. The lowest BCUT2D eigenvalue weighted by atomic mass is 9.88. The standard InChI is InChI=1S/C25H24Cl3N3O/c1-15-23(25-29-14-22(32-25)16-5-3-2-4-6-16)30-24(20-12-9-18(27)13-21(20)28)31(15)19-10-7-17(26)8-11-19/h7-14,16,25,29H,2-6H2,1H3. The van der Waals surface area contributed by atoms with Crippen LogP contribution in [0.2, 0.25) is 15.1 Å². The van der Waals surface area contributed by atoms with E-state index in [4.69, 9.17) is 44.5 Å². The number of imidazole rings is 1. The maximum Gasteiger partial charge on any atom is 0.214 e. The molecule has 7 heteroatoms. The van der Waals surface area contributed by atoms with Crippen LogP contribution in [0.3, 0.4) is 0 Å². The highest BCUT2D eigenvalue weighted by molar-refractivity contribution is 6.36. The smallest absolute Gasteiger partial charge is 0.214 e. The molecule has 0 radical (unpaired) electrons. The van der Waals surface area contributed by atoms with Gasteiger partial charge in [-0.05, 0) is 62.2 Å². The van der Waals surface area contributed by atoms with Crippen LogP contribution >= 0.6 is 34.8 Å². The lowest BCUT2D eigenvalue weighted by Gasteiger charge is -2.23. The van der Waals surface area contributed by atoms with Gasteiger partial charge in [0.15, 0.2) is 0 Å². The minimum absolute atomic E-state index is 0.328. The lowest BCUT2D eigenvalue weighted by molar-refractivity contribution is 0.0953. The van der Waals surface area contributed by atoms with Gasteiger partial charge in [0.05, 0.1) is 5.02 Å². The number of nitrogens with zero attached hydrogens (tertiary/aromatic N) is 2. The van der Waals surface area contributed by atoms with Gasteiger partial charge in [-0.25, -0.2) is 4.98 Å². The van der Waals surface area contributed by atoms with Crippen LogP contribution in [-0.4, -0.2) is 9.55 Å². The van der Waals surface area contributed by atoms with Gasteiger partial charge in [0, 0.05) is 39.1 Å². The molecular weight excluding hydrogens is 465 g/mol. The molecule has 166 valence electrons. The molecule has 2 heterocycles. The number of halogens is 3. The van der Waals surface area contributed by atoms with Gasteiger partial charge in [0.1, 0.15) is 17.3 Å². The highest BCUT2D eigenvalue weighted by atomic mass is 35.5. The molecule has 2 aliphatic rings. The summed E-state index contributed by atoms with van der Waals surface area (Å²) in [5.74, 6) is 2.27. The van der Waals surface area contributed by atoms with Crippen LogP contribution in [-0.2, 0) is 4.74 Å². The van der Waals surface area contributed by atoms with Crippen LogP contribution in [0.1, 0.15) is 49.7 Å². The minimum Gasteiger partial charge on any atom is -0.467 e. The highest BCUT2D eigenvalue weighted by Gasteiger charge is 2.31. The lowest BCUT2D eigenvalue weighted by Crippen LogP contribution is -2.15. The Bertz CT molecular complexity index is 1160. The van der Waals surface area contributed by atoms with Crippen molar-refractivity contribution in [3.8, 4) is 17.1 Å². The predicted octanol–water partition coefficient (Wildman–Crippen LogP) is 7.85. The van der Waals surface area contributed by atoms with Crippen molar-refractivity contribution in [3.63, 3.8) is 0 Å². The molecule has 0 saturated heterocycles. The van der Waals surface area contributed by atoms with E-state index in [9.17, 15) is 0 Å². The molecule has 4 nitrogen and oxygen atoms in total. The molecule has 1 fully saturated rings. The van der Waals surface area contributed by atoms with Crippen LogP contribution in [0.4, 0.5) is 0 Å². The molecule has 1 unspecified atom stereocenters. The number of nitrogens with one attached hydrogen (secondary N) is 1. The van der Waals surface area contributed by atoms with Crippen molar-refractivity contribution in [2.24, 2.45) is 5.92 Å². The molecule has 1 aromatic heterocycles. The van der Waals surface area contributed by atoms with Crippen molar-refractivity contribution in [3.05, 3.63) is 80.9 Å². The van der Waals surface area contributed by atoms with E-state index in [1.54, 1.807) is 6.07 Å². The molecule has 0 bridgehead atoms. The fourth-order valence-corrected chi connectivity index (χ4v) is 5.24. The van der Waals surface area contributed by atoms with Crippen molar-refractivity contribution in [2.75, 3.05) is 0 Å². The summed E-state index contributed by atoms with van der Waals surface area (Å²) in [6.45, 7) is 2.05. The summed E-state index contributed by atoms with van der Waals surface area (Å²) in [5.41, 5.74) is 3.57. The molecule has 1 aliphatic heterocycles. The molecule has 0 amide bonds. The largest absolute Gasteiger partial charge is 0.467 e. The number of allylic oxidation sites excluding steroid dienone is 1. The van der Waals surface area contributed by atoms with Gasteiger partial charge in [0.25, 0.3) is 0 Å². The van der Waals surface area contributed by atoms with Gasteiger partial charge < -0.3 is 10.1 Å². The minimum atomic E-state index is -0.328. The van der Waals surface area contributed by atoms with Crippen LogP contribution in [0.5, 0.6) is 0 Å². The topological polar surface area (TPSA) is 39.1 Å². The van der Waals surface area contributed by atoms with Crippen molar-refractivity contribution in [1.82, 2.24) is 14.9 Å². The fraction of sp³-hybridized carbons (Fsp3) is 0.320. The molecule has 1 aliphatic carbocycles. The Kier molecular flexibility index (Phi) is 6.11. The molecule has 2 aromatic carbocycles. The van der Waals surface area contributed by atoms with Gasteiger partial charge in [0.2, 0.25) is 6.23 Å². The zero-order valence-electron chi connectivity index (χ0n) is 17.7. The zero-order valence-corrected chi connectivity index (χ0v) is 20.0. The first kappa shape index (κ1) is 21.7. The summed E-state index contributed by atoms with van der Waals surface area (Å²) in [6.07, 6.45) is 7.91. The Balaban J connectivity index is 1.55. The Labute approximate surface area is 203 Å². The van der Waals surface area contributed by atoms with E-state index in [0.29, 0.717) is 21.0 Å². The van der Waals surface area contributed by atoms with Crippen molar-refractivity contribution >= 4 is 34.8 Å². The first-order chi connectivity index (χ1) is 15.5. The Morgan fingerprint density at radius 2 is 1.69 bits per heavy atom. The Morgan fingerprint density at radius 3 is 2.41 bits per heavy atom. The molecule has 3 aromatic rings. The van der Waals surface area contributed by atoms with E-state index in [-0.39, 0.29) is 6.23 Å². The van der Waals surface area contributed by atoms with E-state index in [1.807, 2.05) is 49.5 Å². The average Bonchev–Trinajstić information content (AvgIpc) is 3.40. The van der Waals surface area contributed by atoms with E-state index in [1.165, 1.54) is 32.1 Å². The maximum absolute atomic E-state index is 6.58. The summed E-state index contributed by atoms with van der Waals surface area (Å²) in [7, 11) is 0. The number of hydrogen-bond acceptors (Lipinski definition) is 3. The number of ether oxygens (including phenoxy) is 1. The van der Waals surface area contributed by atoms with Crippen molar-refractivity contribution < 1.29 is 4.74 Å². The third-order valence-electron chi connectivity index (χ3n) is 6.29. The van der Waals surface area contributed by atoms with Gasteiger partial charge in [-0.15, -0.1) is 0 Å². The van der Waals surface area contributed by atoms with E-state index in [2.05, 4.69) is 9.88 Å². The van der Waals surface area contributed by atoms with E-state index >= 15 is 0 Å². The number of hydrogen-bond donors (Lipinski definition) is 1. The molecule has 0 spiro atoms. The monoisotopic (exact) mass is 487 g/mol. The molecule has 1 saturated carbocycles. The predicted molar refractivity (Wildman–Crippen MR) is 130 cm³/mol. The third-order valence-corrected chi connectivity index (χ3v) is 7.09. The van der Waals surface area contributed by atoms with E-state index < -0.39 is 0 Å². The first-order valence-electron chi connectivity index (χ1n) is 10.9. The van der Waals surface area contributed by atoms with Gasteiger partial charge >= 0.3 is 0 Å². The van der Waals surface area contributed by atoms with Gasteiger partial charge in [-0.1, -0.05) is 54.1 Å². The molecule has 5 rings (SSSR count). The first-order valence-corrected chi connectivity index (χ1v) is 12.1. The Hall–Kier alpha value is -2.14. The summed E-state index contributed by atoms with van der Waals surface area (Å²) in [6, 6.07) is 13.2. The summed E-state index contributed by atoms with van der Waals surface area (Å²) in [4.78, 5) is 5.01. The maximum atomic E-state index is 6.58. The molecule has 32 heavy (non-hydrogen) atoms. The second kappa shape index (κ2) is 9.01. The molecule has 1 N–H and O–H groups in total. The van der Waals surface area contributed by atoms with E-state index in [0.717, 1.165) is 34.2 Å². The number of aromatic nitrogens is 2. The molecular formula is C25H24Cl3N3O. The number of benzene rings is 2. The van der Waals surface area contributed by atoms with Gasteiger partial charge in [-0.3, -0.25) is 4.57 Å². The summed E-state index contributed by atoms with van der Waals surface area (Å²) >= 11 is 18.9. The van der Waals surface area contributed by atoms with Gasteiger partial charge in [-0.2, -0.15) is 0 Å². The van der Waals surface area contributed by atoms with Crippen LogP contribution in [0, 0.1) is 12.8 Å². The highest BCUT2D eigenvalue weighted by Crippen LogP contribution is 2.39. The fourth-order valence-electron chi connectivity index (χ4n) is 4.62. The van der Waals surface area contributed by atoms with Crippen molar-refractivity contribution in [2.45, 2.75) is 45.3 Å². The summed E-state index contributed by atoms with van der Waals surface area (Å²) < 4.78 is 8.46. The van der Waals surface area contributed by atoms with Crippen LogP contribution in [0.25, 0.3) is 17.1 Å². The average molecular weight is 489 g/mol. The van der Waals surface area contributed by atoms with Crippen LogP contribution in [0.15, 0.2) is 54.4 Å². The quantitative estimate of drug-likeness (QED) is 0.406.